The summed E-state index contributed by atoms with van der Waals surface area (Å²) >= 11 is 0. The first-order valence-electron chi connectivity index (χ1n) is 11.1. The van der Waals surface area contributed by atoms with Gasteiger partial charge in [-0.2, -0.15) is 0 Å². The lowest BCUT2D eigenvalue weighted by atomic mass is 9.46. The summed E-state index contributed by atoms with van der Waals surface area (Å²) in [4.78, 5) is 15.6. The minimum absolute atomic E-state index is 0.194. The largest absolute Gasteiger partial charge is 0.479 e. The lowest BCUT2D eigenvalue weighted by molar-refractivity contribution is -0.142. The summed E-state index contributed by atoms with van der Waals surface area (Å²) in [5.74, 6) is 1.71. The smallest absolute Gasteiger partial charge is 0.344 e. The van der Waals surface area contributed by atoms with Gasteiger partial charge in [0.25, 0.3) is 0 Å². The minimum Gasteiger partial charge on any atom is -0.479 e. The lowest BCUT2D eigenvalue weighted by Crippen LogP contribution is -2.51. The van der Waals surface area contributed by atoms with Crippen LogP contribution >= 0.6 is 0 Å². The highest BCUT2D eigenvalue weighted by Crippen LogP contribution is 2.66. The van der Waals surface area contributed by atoms with Gasteiger partial charge in [0, 0.05) is 0 Å². The molecule has 0 aliphatic heterocycles. The highest BCUT2D eigenvalue weighted by molar-refractivity contribution is 5.96. The van der Waals surface area contributed by atoms with Gasteiger partial charge in [0.05, 0.1) is 11.8 Å². The summed E-state index contributed by atoms with van der Waals surface area (Å²) in [6, 6.07) is 0. The summed E-state index contributed by atoms with van der Waals surface area (Å²) in [7, 11) is 0. The van der Waals surface area contributed by atoms with Crippen LogP contribution in [0.1, 0.15) is 72.1 Å². The van der Waals surface area contributed by atoms with Gasteiger partial charge >= 0.3 is 5.97 Å². The average molecular weight is 390 g/mol. The Kier molecular flexibility index (Phi) is 5.09. The Bertz CT molecular complexity index is 699. The number of carbonyl (C=O) groups is 1. The quantitative estimate of drug-likeness (QED) is 0.698. The van der Waals surface area contributed by atoms with E-state index in [0.717, 1.165) is 42.7 Å². The maximum atomic E-state index is 10.6. The third-order valence-corrected chi connectivity index (χ3v) is 9.00. The average Bonchev–Trinajstić information content (AvgIpc) is 2.99. The van der Waals surface area contributed by atoms with Crippen LogP contribution in [0.25, 0.3) is 0 Å². The molecule has 5 nitrogen and oxygen atoms in total. The van der Waals surface area contributed by atoms with Gasteiger partial charge in [-0.3, -0.25) is 0 Å². The fourth-order valence-electron chi connectivity index (χ4n) is 7.65. The van der Waals surface area contributed by atoms with Crippen molar-refractivity contribution in [3.05, 3.63) is 11.6 Å². The van der Waals surface area contributed by atoms with E-state index in [-0.39, 0.29) is 18.1 Å². The van der Waals surface area contributed by atoms with Crippen LogP contribution in [0.3, 0.4) is 0 Å². The summed E-state index contributed by atoms with van der Waals surface area (Å²) in [5, 5.41) is 23.2. The molecule has 7 atom stereocenters. The number of allylic oxidation sites excluding steroid dienone is 2. The Morgan fingerprint density at radius 3 is 2.71 bits per heavy atom. The van der Waals surface area contributed by atoms with Crippen LogP contribution in [0.2, 0.25) is 0 Å². The van der Waals surface area contributed by atoms with Gasteiger partial charge < -0.3 is 15.1 Å². The number of fused-ring (bicyclic) bond motifs is 5. The molecule has 0 bridgehead atoms. The van der Waals surface area contributed by atoms with Gasteiger partial charge in [0.15, 0.2) is 0 Å². The number of aliphatic hydroxyl groups excluding tert-OH is 1. The van der Waals surface area contributed by atoms with Crippen molar-refractivity contribution in [2.45, 2.75) is 78.2 Å². The Morgan fingerprint density at radius 1 is 1.21 bits per heavy atom. The molecule has 0 aromatic rings. The molecule has 28 heavy (non-hydrogen) atoms. The van der Waals surface area contributed by atoms with E-state index in [0.29, 0.717) is 11.3 Å². The number of oxime groups is 1. The molecular formula is C23H35NO4. The van der Waals surface area contributed by atoms with Gasteiger partial charge in [-0.15, -0.1) is 0 Å². The van der Waals surface area contributed by atoms with Crippen LogP contribution in [-0.2, 0) is 9.63 Å². The number of aliphatic hydroxyl groups is 1. The first kappa shape index (κ1) is 19.9. The summed E-state index contributed by atoms with van der Waals surface area (Å²) in [6.07, 6.45) is 11.3. The standard InChI is InChI=1S/C23H35NO4/c1-14(25)18-6-7-19-17-5-4-15-12-16(24-28-13-21(26)27)8-10-22(15,2)20(17)9-11-23(18,19)3/h12,14,17-20,25H,4-11,13H2,1-3H3,(H,26,27)/b24-16-/t14?,17?,18?,19?,20?,22-,23+/m0/s1. The zero-order valence-corrected chi connectivity index (χ0v) is 17.5. The van der Waals surface area contributed by atoms with Gasteiger partial charge in [-0.1, -0.05) is 24.6 Å². The summed E-state index contributed by atoms with van der Waals surface area (Å²) < 4.78 is 0. The molecule has 4 aliphatic carbocycles. The molecule has 0 radical (unpaired) electrons. The van der Waals surface area contributed by atoms with Crippen molar-refractivity contribution in [3.63, 3.8) is 0 Å². The molecule has 3 saturated carbocycles. The zero-order valence-electron chi connectivity index (χ0n) is 17.5. The van der Waals surface area contributed by atoms with Crippen molar-refractivity contribution >= 4 is 11.7 Å². The second-order valence-electron chi connectivity index (χ2n) is 10.2. The fraction of sp³-hybridized carbons (Fsp3) is 0.826. The number of nitrogens with zero attached hydrogens (tertiary/aromatic N) is 1. The minimum atomic E-state index is -0.990. The predicted molar refractivity (Wildman–Crippen MR) is 108 cm³/mol. The maximum absolute atomic E-state index is 10.6. The van der Waals surface area contributed by atoms with Crippen LogP contribution in [-0.4, -0.2) is 34.6 Å². The predicted octanol–water partition coefficient (Wildman–Crippen LogP) is 4.40. The monoisotopic (exact) mass is 389 g/mol. The normalized spacial score (nSPS) is 44.9. The van der Waals surface area contributed by atoms with Crippen LogP contribution < -0.4 is 0 Å². The Labute approximate surface area is 168 Å². The third-order valence-electron chi connectivity index (χ3n) is 9.00. The highest BCUT2D eigenvalue weighted by Gasteiger charge is 2.59. The molecule has 0 amide bonds. The van der Waals surface area contributed by atoms with Crippen molar-refractivity contribution in [2.24, 2.45) is 39.7 Å². The van der Waals surface area contributed by atoms with E-state index in [2.05, 4.69) is 25.1 Å². The van der Waals surface area contributed by atoms with Crippen LogP contribution in [0, 0.1) is 34.5 Å². The number of hydrogen-bond donors (Lipinski definition) is 2. The van der Waals surface area contributed by atoms with Crippen LogP contribution in [0.5, 0.6) is 0 Å². The molecule has 4 aliphatic rings. The molecule has 0 aromatic carbocycles. The van der Waals surface area contributed by atoms with E-state index in [4.69, 9.17) is 9.94 Å². The van der Waals surface area contributed by atoms with Gasteiger partial charge in [0.1, 0.15) is 0 Å². The van der Waals surface area contributed by atoms with Crippen molar-refractivity contribution in [1.82, 2.24) is 0 Å². The van der Waals surface area contributed by atoms with E-state index in [9.17, 15) is 9.90 Å². The Balaban J connectivity index is 1.54. The summed E-state index contributed by atoms with van der Waals surface area (Å²) in [5.41, 5.74) is 2.92. The molecule has 0 saturated heterocycles. The molecule has 3 fully saturated rings. The molecule has 5 unspecified atom stereocenters. The molecule has 4 rings (SSSR count). The zero-order chi connectivity index (χ0) is 20.1. The van der Waals surface area contributed by atoms with E-state index in [1.165, 1.54) is 37.7 Å². The SMILES string of the molecule is CC(O)C1CCC2C3CCC4=C/C(=N\OCC(=O)O)CC[C@]4(C)C3CC[C@]12C. The third kappa shape index (κ3) is 3.10. The molecule has 0 heterocycles. The van der Waals surface area contributed by atoms with Crippen molar-refractivity contribution in [1.29, 1.82) is 0 Å². The first-order chi connectivity index (χ1) is 13.3. The van der Waals surface area contributed by atoms with E-state index in [1.807, 2.05) is 6.92 Å². The number of hydrogen-bond acceptors (Lipinski definition) is 4. The van der Waals surface area contributed by atoms with Gasteiger partial charge in [0.2, 0.25) is 6.61 Å². The first-order valence-corrected chi connectivity index (χ1v) is 11.1. The lowest BCUT2D eigenvalue weighted by Gasteiger charge is -2.58. The van der Waals surface area contributed by atoms with Crippen molar-refractivity contribution in [3.8, 4) is 0 Å². The number of carboxylic acid groups (broad SMARTS) is 1. The number of rotatable bonds is 4. The van der Waals surface area contributed by atoms with Crippen LogP contribution in [0.4, 0.5) is 0 Å². The highest BCUT2D eigenvalue weighted by atomic mass is 16.6. The Morgan fingerprint density at radius 2 is 2.00 bits per heavy atom. The topological polar surface area (TPSA) is 79.1 Å². The fourth-order valence-corrected chi connectivity index (χ4v) is 7.65. The molecule has 156 valence electrons. The van der Waals surface area contributed by atoms with E-state index in [1.54, 1.807) is 0 Å². The number of aliphatic carboxylic acids is 1. The van der Waals surface area contributed by atoms with Crippen LogP contribution in [0.15, 0.2) is 16.8 Å². The van der Waals surface area contributed by atoms with Crippen molar-refractivity contribution in [2.75, 3.05) is 6.61 Å². The molecule has 5 heteroatoms. The second kappa shape index (κ2) is 7.16. The summed E-state index contributed by atoms with van der Waals surface area (Å²) in [6.45, 7) is 6.52. The van der Waals surface area contributed by atoms with E-state index < -0.39 is 5.97 Å². The molecule has 2 N–H and O–H groups in total. The number of carboxylic acids is 1. The van der Waals surface area contributed by atoms with Gasteiger partial charge in [-0.25, -0.2) is 4.79 Å². The molecular weight excluding hydrogens is 354 g/mol. The Hall–Kier alpha value is -1.36. The van der Waals surface area contributed by atoms with Crippen molar-refractivity contribution < 1.29 is 19.8 Å². The second-order valence-corrected chi connectivity index (χ2v) is 10.2. The maximum Gasteiger partial charge on any atom is 0.344 e. The molecule has 0 aromatic heterocycles. The van der Waals surface area contributed by atoms with E-state index >= 15 is 0 Å². The van der Waals surface area contributed by atoms with Gasteiger partial charge in [-0.05, 0) is 98.9 Å². The molecule has 0 spiro atoms.